The van der Waals surface area contributed by atoms with Gasteiger partial charge < -0.3 is 19.6 Å². The Bertz CT molecular complexity index is 1690. The van der Waals surface area contributed by atoms with Crippen LogP contribution in [0.25, 0.3) is 28.1 Å². The van der Waals surface area contributed by atoms with Gasteiger partial charge >= 0.3 is 12.3 Å². The summed E-state index contributed by atoms with van der Waals surface area (Å²) >= 11 is 0. The van der Waals surface area contributed by atoms with Crippen molar-refractivity contribution in [2.75, 3.05) is 19.7 Å². The van der Waals surface area contributed by atoms with Gasteiger partial charge in [-0.25, -0.2) is 9.78 Å². The zero-order valence-corrected chi connectivity index (χ0v) is 27.2. The van der Waals surface area contributed by atoms with Crippen molar-refractivity contribution < 1.29 is 32.2 Å². The third-order valence-electron chi connectivity index (χ3n) is 8.69. The van der Waals surface area contributed by atoms with Crippen molar-refractivity contribution >= 4 is 31.0 Å². The number of pyridine rings is 2. The predicted molar refractivity (Wildman–Crippen MR) is 167 cm³/mol. The highest BCUT2D eigenvalue weighted by molar-refractivity contribution is 6.74. The van der Waals surface area contributed by atoms with Crippen molar-refractivity contribution in [3.63, 3.8) is 0 Å². The van der Waals surface area contributed by atoms with E-state index in [4.69, 9.17) is 19.3 Å². The predicted octanol–water partition coefficient (Wildman–Crippen LogP) is 6.68. The number of amides is 1. The van der Waals surface area contributed by atoms with E-state index < -0.39 is 32.7 Å². The Morgan fingerprint density at radius 3 is 2.58 bits per heavy atom. The second-order valence-electron chi connectivity index (χ2n) is 13.1. The highest BCUT2D eigenvalue weighted by Gasteiger charge is 2.47. The zero-order valence-electron chi connectivity index (χ0n) is 26.2. The van der Waals surface area contributed by atoms with E-state index in [1.165, 1.54) is 27.6 Å². The van der Waals surface area contributed by atoms with E-state index in [1.54, 1.807) is 6.07 Å². The molecule has 0 radical (unpaired) electrons. The summed E-state index contributed by atoms with van der Waals surface area (Å²) in [4.78, 5) is 17.1. The Balaban J connectivity index is 1.45. The van der Waals surface area contributed by atoms with Crippen LogP contribution < -0.4 is 10.1 Å². The molecule has 1 fully saturated rings. The Hall–Kier alpha value is -3.75. The number of hydrogen-bond acceptors (Lipinski definition) is 7. The number of aromatic nitrogens is 4. The largest absolute Gasteiger partial charge is 0.486 e. The fourth-order valence-corrected chi connectivity index (χ4v) is 6.38. The van der Waals surface area contributed by atoms with Crippen LogP contribution in [-0.4, -0.2) is 82.0 Å². The number of hydrogen-bond donors (Lipinski definition) is 2. The molecule has 4 heterocycles. The number of nitrogens with zero attached hydrogens (tertiary/aromatic N) is 5. The van der Waals surface area contributed by atoms with Crippen LogP contribution in [0.1, 0.15) is 45.7 Å². The van der Waals surface area contributed by atoms with Gasteiger partial charge in [0, 0.05) is 30.7 Å². The van der Waals surface area contributed by atoms with E-state index in [9.17, 15) is 18.0 Å². The van der Waals surface area contributed by atoms with Gasteiger partial charge in [0.1, 0.15) is 29.1 Å². The molecule has 3 atom stereocenters. The topological polar surface area (TPSA) is 114 Å². The normalized spacial score (nSPS) is 17.9. The molecule has 2 N–H and O–H groups in total. The van der Waals surface area contributed by atoms with Crippen LogP contribution in [0.15, 0.2) is 48.7 Å². The van der Waals surface area contributed by atoms with Crippen LogP contribution in [0.2, 0.25) is 18.1 Å². The van der Waals surface area contributed by atoms with Crippen molar-refractivity contribution in [3.8, 4) is 17.3 Å². The number of benzene rings is 1. The standard InChI is InChI=1S/C31H39F3N6O4Si/c1-19(18-43-45(5,6)30(2,3)4)44-24-9-7-8-20-10-12-23(36-26(20)24)28-38-37-25-13-11-21(16-40(25)28)27(31(32,33)34)39-15-14-22(17-39)35-29(41)42/h7-13,16,19,22,27,35H,14-15,17-18H2,1-6H3,(H,41,42)/t19-,22+,27-/m1/s1. The number of ether oxygens (including phenoxy) is 1. The highest BCUT2D eigenvalue weighted by Crippen LogP contribution is 2.40. The number of nitrogens with one attached hydrogen (secondary N) is 1. The first kappa shape index (κ1) is 32.6. The molecule has 4 aromatic rings. The van der Waals surface area contributed by atoms with Gasteiger partial charge in [-0.2, -0.15) is 13.2 Å². The lowest BCUT2D eigenvalue weighted by molar-refractivity contribution is -0.184. The molecule has 1 aliphatic heterocycles. The maximum Gasteiger partial charge on any atom is 0.408 e. The summed E-state index contributed by atoms with van der Waals surface area (Å²) < 4.78 is 57.5. The smallest absolute Gasteiger partial charge is 0.408 e. The molecule has 242 valence electrons. The van der Waals surface area contributed by atoms with E-state index in [0.717, 1.165) is 5.39 Å². The minimum absolute atomic E-state index is 0.00704. The van der Waals surface area contributed by atoms with Gasteiger partial charge in [-0.05, 0) is 55.2 Å². The van der Waals surface area contributed by atoms with Crippen LogP contribution in [0, 0.1) is 0 Å². The van der Waals surface area contributed by atoms with Crippen molar-refractivity contribution in [2.45, 2.75) is 76.6 Å². The first-order valence-corrected chi connectivity index (χ1v) is 17.8. The summed E-state index contributed by atoms with van der Waals surface area (Å²) in [5, 5.41) is 20.7. The first-order valence-electron chi connectivity index (χ1n) is 14.9. The number of para-hydroxylation sites is 1. The summed E-state index contributed by atoms with van der Waals surface area (Å²) in [6, 6.07) is 9.60. The van der Waals surface area contributed by atoms with Crippen LogP contribution in [0.3, 0.4) is 0 Å². The second-order valence-corrected chi connectivity index (χ2v) is 17.9. The lowest BCUT2D eigenvalue weighted by atomic mass is 10.1. The second kappa shape index (κ2) is 12.2. The van der Waals surface area contributed by atoms with Crippen molar-refractivity contribution in [3.05, 3.63) is 54.2 Å². The molecule has 0 spiro atoms. The molecule has 1 aromatic carbocycles. The summed E-state index contributed by atoms with van der Waals surface area (Å²) in [6.07, 6.45) is -4.44. The molecule has 0 bridgehead atoms. The number of likely N-dealkylation sites (tertiary alicyclic amines) is 1. The first-order chi connectivity index (χ1) is 21.0. The van der Waals surface area contributed by atoms with Crippen molar-refractivity contribution in [1.29, 1.82) is 0 Å². The van der Waals surface area contributed by atoms with Gasteiger partial charge in [0.2, 0.25) is 0 Å². The molecule has 45 heavy (non-hydrogen) atoms. The number of alkyl halides is 3. The minimum atomic E-state index is -4.60. The molecule has 14 heteroatoms. The molecule has 1 amide bonds. The summed E-state index contributed by atoms with van der Waals surface area (Å²) in [7, 11) is -1.97. The summed E-state index contributed by atoms with van der Waals surface area (Å²) in [5.41, 5.74) is 1.37. The van der Waals surface area contributed by atoms with E-state index >= 15 is 0 Å². The van der Waals surface area contributed by atoms with Gasteiger partial charge in [0.05, 0.1) is 6.61 Å². The van der Waals surface area contributed by atoms with Crippen LogP contribution >= 0.6 is 0 Å². The summed E-state index contributed by atoms with van der Waals surface area (Å²) in [5.74, 6) is 0.844. The molecule has 0 unspecified atom stereocenters. The Labute approximate surface area is 260 Å². The van der Waals surface area contributed by atoms with Gasteiger partial charge in [0.25, 0.3) is 0 Å². The van der Waals surface area contributed by atoms with E-state index in [2.05, 4.69) is 49.4 Å². The maximum absolute atomic E-state index is 14.4. The van der Waals surface area contributed by atoms with E-state index in [-0.39, 0.29) is 42.0 Å². The fraction of sp³-hybridized carbons (Fsp3) is 0.484. The van der Waals surface area contributed by atoms with Crippen molar-refractivity contribution in [1.82, 2.24) is 29.8 Å². The van der Waals surface area contributed by atoms with Crippen LogP contribution in [0.4, 0.5) is 18.0 Å². The number of carboxylic acid groups (broad SMARTS) is 1. The monoisotopic (exact) mass is 644 g/mol. The Kier molecular flexibility index (Phi) is 8.86. The molecule has 1 saturated heterocycles. The van der Waals surface area contributed by atoms with Crippen LogP contribution in [0.5, 0.6) is 5.75 Å². The van der Waals surface area contributed by atoms with Gasteiger partial charge in [0.15, 0.2) is 19.8 Å². The fourth-order valence-electron chi connectivity index (χ4n) is 5.30. The molecule has 3 aromatic heterocycles. The SMILES string of the molecule is C[C@H](CO[Si](C)(C)C(C)(C)C)Oc1cccc2ccc(-c3nnc4ccc([C@@H](N5CC[C@H](NC(=O)O)C5)C(F)(F)F)cn34)nc12. The summed E-state index contributed by atoms with van der Waals surface area (Å²) in [6.45, 7) is 13.3. The lowest BCUT2D eigenvalue weighted by Crippen LogP contribution is -2.43. The number of carbonyl (C=O) groups is 1. The molecule has 10 nitrogen and oxygen atoms in total. The highest BCUT2D eigenvalue weighted by atomic mass is 28.4. The molecule has 0 aliphatic carbocycles. The van der Waals surface area contributed by atoms with Gasteiger partial charge in [-0.1, -0.05) is 45.0 Å². The molecule has 5 rings (SSSR count). The molecular formula is C31H39F3N6O4Si. The van der Waals surface area contributed by atoms with Crippen LogP contribution in [-0.2, 0) is 4.43 Å². The van der Waals surface area contributed by atoms with Gasteiger partial charge in [-0.15, -0.1) is 10.2 Å². The van der Waals surface area contributed by atoms with E-state index in [1.807, 2.05) is 31.2 Å². The minimum Gasteiger partial charge on any atom is -0.486 e. The maximum atomic E-state index is 14.4. The van der Waals surface area contributed by atoms with Crippen molar-refractivity contribution in [2.24, 2.45) is 0 Å². The average molecular weight is 645 g/mol. The lowest BCUT2D eigenvalue weighted by Gasteiger charge is -2.36. The number of rotatable bonds is 9. The molecule has 0 saturated carbocycles. The Morgan fingerprint density at radius 1 is 1.13 bits per heavy atom. The number of fused-ring (bicyclic) bond motifs is 2. The molecule has 1 aliphatic rings. The average Bonchev–Trinajstić information content (AvgIpc) is 3.57. The quantitative estimate of drug-likeness (QED) is 0.194. The van der Waals surface area contributed by atoms with Gasteiger partial charge in [-0.3, -0.25) is 9.30 Å². The zero-order chi connectivity index (χ0) is 32.7. The Morgan fingerprint density at radius 2 is 1.89 bits per heavy atom. The third-order valence-corrected chi connectivity index (χ3v) is 13.2. The van der Waals surface area contributed by atoms with E-state index in [0.29, 0.717) is 29.2 Å². The number of halogens is 3. The third kappa shape index (κ3) is 7.07. The molecular weight excluding hydrogens is 605 g/mol.